The number of rotatable bonds is 4. The maximum absolute atomic E-state index is 10.8. The molecule has 0 aliphatic rings. The van der Waals surface area contributed by atoms with Crippen molar-refractivity contribution in [2.45, 2.75) is 4.90 Å². The molecule has 1 aromatic carbocycles. The molecule has 5 heteroatoms. The molecule has 92 valence electrons. The molecular weight excluding hydrogens is 248 g/mol. The monoisotopic (exact) mass is 260 g/mol. The Morgan fingerprint density at radius 2 is 2.00 bits per heavy atom. The third-order valence-electron chi connectivity index (χ3n) is 2.37. The zero-order valence-corrected chi connectivity index (χ0v) is 10.6. The van der Waals surface area contributed by atoms with Crippen molar-refractivity contribution < 1.29 is 9.90 Å². The molecule has 0 amide bonds. The first kappa shape index (κ1) is 12.4. The lowest BCUT2D eigenvalue weighted by Crippen LogP contribution is -1.99. The fourth-order valence-electron chi connectivity index (χ4n) is 1.45. The minimum Gasteiger partial charge on any atom is -0.478 e. The Kier molecular flexibility index (Phi) is 3.84. The summed E-state index contributed by atoms with van der Waals surface area (Å²) in [6.07, 6.45) is 3.49. The molecule has 0 aliphatic carbocycles. The molecule has 0 fully saturated rings. The van der Waals surface area contributed by atoms with Crippen LogP contribution >= 0.6 is 11.8 Å². The van der Waals surface area contributed by atoms with Crippen LogP contribution in [0.25, 0.3) is 0 Å². The van der Waals surface area contributed by atoms with Gasteiger partial charge < -0.3 is 10.4 Å². The van der Waals surface area contributed by atoms with Crippen molar-refractivity contribution in [2.75, 3.05) is 11.6 Å². The molecule has 1 heterocycles. The van der Waals surface area contributed by atoms with Gasteiger partial charge in [-0.2, -0.15) is 0 Å². The number of hydrogen-bond acceptors (Lipinski definition) is 4. The molecule has 0 radical (unpaired) electrons. The van der Waals surface area contributed by atoms with E-state index in [1.807, 2.05) is 30.5 Å². The summed E-state index contributed by atoms with van der Waals surface area (Å²) >= 11 is 1.67. The minimum absolute atomic E-state index is 0.216. The SMILES string of the molecule is CSc1ccc(Nc2cc(C(=O)O)ccn2)cc1. The fraction of sp³-hybridized carbons (Fsp3) is 0.0769. The van der Waals surface area contributed by atoms with Crippen LogP contribution in [0.2, 0.25) is 0 Å². The first-order valence-electron chi connectivity index (χ1n) is 5.29. The molecule has 0 saturated carbocycles. The third kappa shape index (κ3) is 3.01. The van der Waals surface area contributed by atoms with Gasteiger partial charge in [-0.15, -0.1) is 11.8 Å². The summed E-state index contributed by atoms with van der Waals surface area (Å²) < 4.78 is 0. The van der Waals surface area contributed by atoms with Gasteiger partial charge in [-0.25, -0.2) is 9.78 Å². The van der Waals surface area contributed by atoms with E-state index in [1.54, 1.807) is 11.8 Å². The molecule has 2 N–H and O–H groups in total. The molecule has 1 aromatic heterocycles. The van der Waals surface area contributed by atoms with Crippen LogP contribution in [0.1, 0.15) is 10.4 Å². The van der Waals surface area contributed by atoms with Gasteiger partial charge in [-0.05, 0) is 42.7 Å². The number of thioether (sulfide) groups is 1. The Hall–Kier alpha value is -2.01. The molecule has 2 aromatic rings. The van der Waals surface area contributed by atoms with E-state index in [4.69, 9.17) is 5.11 Å². The summed E-state index contributed by atoms with van der Waals surface area (Å²) in [5.41, 5.74) is 1.09. The number of carbonyl (C=O) groups is 1. The summed E-state index contributed by atoms with van der Waals surface area (Å²) in [7, 11) is 0. The minimum atomic E-state index is -0.960. The highest BCUT2D eigenvalue weighted by Gasteiger charge is 2.04. The van der Waals surface area contributed by atoms with Crippen LogP contribution in [0.15, 0.2) is 47.5 Å². The average Bonchev–Trinajstić information content (AvgIpc) is 2.40. The predicted molar refractivity (Wildman–Crippen MR) is 72.7 cm³/mol. The smallest absolute Gasteiger partial charge is 0.335 e. The maximum Gasteiger partial charge on any atom is 0.335 e. The number of nitrogens with one attached hydrogen (secondary N) is 1. The van der Waals surface area contributed by atoms with Gasteiger partial charge in [-0.1, -0.05) is 0 Å². The van der Waals surface area contributed by atoms with Gasteiger partial charge in [0.25, 0.3) is 0 Å². The Morgan fingerprint density at radius 1 is 1.28 bits per heavy atom. The van der Waals surface area contributed by atoms with Gasteiger partial charge >= 0.3 is 5.97 Å². The molecule has 0 atom stereocenters. The van der Waals surface area contributed by atoms with Crippen molar-refractivity contribution in [1.82, 2.24) is 4.98 Å². The van der Waals surface area contributed by atoms with E-state index in [2.05, 4.69) is 10.3 Å². The van der Waals surface area contributed by atoms with E-state index in [0.717, 1.165) is 5.69 Å². The van der Waals surface area contributed by atoms with E-state index in [-0.39, 0.29) is 5.56 Å². The highest BCUT2D eigenvalue weighted by molar-refractivity contribution is 7.98. The topological polar surface area (TPSA) is 62.2 Å². The van der Waals surface area contributed by atoms with Crippen LogP contribution in [0, 0.1) is 0 Å². The Morgan fingerprint density at radius 3 is 2.61 bits per heavy atom. The van der Waals surface area contributed by atoms with E-state index in [0.29, 0.717) is 5.82 Å². The number of aromatic carboxylic acids is 1. The van der Waals surface area contributed by atoms with E-state index < -0.39 is 5.97 Å². The highest BCUT2D eigenvalue weighted by Crippen LogP contribution is 2.20. The number of hydrogen-bond donors (Lipinski definition) is 2. The van der Waals surface area contributed by atoms with Crippen molar-refractivity contribution >= 4 is 29.2 Å². The molecule has 0 saturated heterocycles. The summed E-state index contributed by atoms with van der Waals surface area (Å²) in [6.45, 7) is 0. The van der Waals surface area contributed by atoms with Gasteiger partial charge in [-0.3, -0.25) is 0 Å². The molecule has 0 spiro atoms. The lowest BCUT2D eigenvalue weighted by molar-refractivity contribution is 0.0697. The van der Waals surface area contributed by atoms with Crippen LogP contribution in [-0.4, -0.2) is 22.3 Å². The summed E-state index contributed by atoms with van der Waals surface area (Å²) in [5.74, 6) is -0.440. The number of carboxylic acids is 1. The van der Waals surface area contributed by atoms with Crippen molar-refractivity contribution in [2.24, 2.45) is 0 Å². The van der Waals surface area contributed by atoms with Crippen LogP contribution in [0.5, 0.6) is 0 Å². The standard InChI is InChI=1S/C13H12N2O2S/c1-18-11-4-2-10(3-5-11)15-12-8-9(13(16)17)6-7-14-12/h2-8H,1H3,(H,14,15)(H,16,17). The lowest BCUT2D eigenvalue weighted by Gasteiger charge is -2.06. The Balaban J connectivity index is 2.17. The van der Waals surface area contributed by atoms with Crippen LogP contribution in [0.4, 0.5) is 11.5 Å². The second kappa shape index (κ2) is 5.55. The lowest BCUT2D eigenvalue weighted by atomic mass is 10.2. The third-order valence-corrected chi connectivity index (χ3v) is 3.11. The number of nitrogens with zero attached hydrogens (tertiary/aromatic N) is 1. The maximum atomic E-state index is 10.8. The van der Waals surface area contributed by atoms with Gasteiger partial charge in [0.15, 0.2) is 0 Å². The van der Waals surface area contributed by atoms with Crippen LogP contribution in [0.3, 0.4) is 0 Å². The predicted octanol–water partition coefficient (Wildman–Crippen LogP) is 3.25. The number of aromatic nitrogens is 1. The first-order valence-corrected chi connectivity index (χ1v) is 6.52. The highest BCUT2D eigenvalue weighted by atomic mass is 32.2. The Bertz CT molecular complexity index is 555. The van der Waals surface area contributed by atoms with Gasteiger partial charge in [0, 0.05) is 16.8 Å². The van der Waals surface area contributed by atoms with Gasteiger partial charge in [0.05, 0.1) is 5.56 Å². The Labute approximate surface area is 109 Å². The number of benzene rings is 1. The molecule has 4 nitrogen and oxygen atoms in total. The first-order chi connectivity index (χ1) is 8.69. The molecule has 2 rings (SSSR count). The van der Waals surface area contributed by atoms with Crippen molar-refractivity contribution in [3.8, 4) is 0 Å². The number of anilines is 2. The second-order valence-corrected chi connectivity index (χ2v) is 4.47. The van der Waals surface area contributed by atoms with E-state index >= 15 is 0 Å². The number of carboxylic acid groups (broad SMARTS) is 1. The van der Waals surface area contributed by atoms with Gasteiger partial charge in [0.2, 0.25) is 0 Å². The molecule has 0 bridgehead atoms. The normalized spacial score (nSPS) is 10.1. The molecule has 0 aliphatic heterocycles. The van der Waals surface area contributed by atoms with Gasteiger partial charge in [0.1, 0.15) is 5.82 Å². The molecular formula is C13H12N2O2S. The van der Waals surface area contributed by atoms with Crippen LogP contribution < -0.4 is 5.32 Å². The second-order valence-electron chi connectivity index (χ2n) is 3.59. The molecule has 18 heavy (non-hydrogen) atoms. The quantitative estimate of drug-likeness (QED) is 0.826. The van der Waals surface area contributed by atoms with E-state index in [1.165, 1.54) is 23.2 Å². The van der Waals surface area contributed by atoms with Crippen molar-refractivity contribution in [3.05, 3.63) is 48.2 Å². The zero-order chi connectivity index (χ0) is 13.0. The van der Waals surface area contributed by atoms with Crippen LogP contribution in [-0.2, 0) is 0 Å². The van der Waals surface area contributed by atoms with Crippen molar-refractivity contribution in [3.63, 3.8) is 0 Å². The zero-order valence-electron chi connectivity index (χ0n) is 9.75. The number of pyridine rings is 1. The largest absolute Gasteiger partial charge is 0.478 e. The summed E-state index contributed by atoms with van der Waals surface area (Å²) in [4.78, 5) is 16.1. The fourth-order valence-corrected chi connectivity index (χ4v) is 1.86. The summed E-state index contributed by atoms with van der Waals surface area (Å²) in [5, 5.41) is 12.0. The van der Waals surface area contributed by atoms with Crippen molar-refractivity contribution in [1.29, 1.82) is 0 Å². The van der Waals surface area contributed by atoms with E-state index in [9.17, 15) is 4.79 Å². The molecule has 0 unspecified atom stereocenters. The summed E-state index contributed by atoms with van der Waals surface area (Å²) in [6, 6.07) is 10.8. The average molecular weight is 260 g/mol.